The van der Waals surface area contributed by atoms with E-state index in [1.54, 1.807) is 44.4 Å². The molecule has 0 saturated carbocycles. The Morgan fingerprint density at radius 3 is 2.54 bits per heavy atom. The Labute approximate surface area is 163 Å². The third kappa shape index (κ3) is 5.11. The van der Waals surface area contributed by atoms with Crippen LogP contribution >= 0.6 is 0 Å². The molecule has 2 aromatic rings. The second kappa shape index (κ2) is 9.24. The fourth-order valence-electron chi connectivity index (χ4n) is 2.40. The highest BCUT2D eigenvalue weighted by atomic mass is 16.5. The zero-order valence-electron chi connectivity index (χ0n) is 15.8. The van der Waals surface area contributed by atoms with E-state index in [-0.39, 0.29) is 23.7 Å². The molecular formula is C21H20N2O5. The molecule has 0 aromatic heterocycles. The summed E-state index contributed by atoms with van der Waals surface area (Å²) in [5.74, 6) is -0.508. The first-order chi connectivity index (χ1) is 13.3. The molecule has 0 aliphatic rings. The summed E-state index contributed by atoms with van der Waals surface area (Å²) in [4.78, 5) is 24.4. The number of hydrogen-bond acceptors (Lipinski definition) is 5. The van der Waals surface area contributed by atoms with Gasteiger partial charge >= 0.3 is 5.97 Å². The van der Waals surface area contributed by atoms with Gasteiger partial charge in [-0.05, 0) is 41.5 Å². The van der Waals surface area contributed by atoms with Crippen LogP contribution in [0.15, 0.2) is 48.0 Å². The first-order valence-corrected chi connectivity index (χ1v) is 8.32. The van der Waals surface area contributed by atoms with E-state index >= 15 is 0 Å². The molecule has 2 rings (SSSR count). The van der Waals surface area contributed by atoms with Crippen LogP contribution in [0.3, 0.4) is 0 Å². The molecule has 144 valence electrons. The van der Waals surface area contributed by atoms with E-state index in [0.29, 0.717) is 22.6 Å². The van der Waals surface area contributed by atoms with Gasteiger partial charge in [0.05, 0.1) is 12.7 Å². The van der Waals surface area contributed by atoms with Gasteiger partial charge in [0.1, 0.15) is 18.2 Å². The van der Waals surface area contributed by atoms with Crippen molar-refractivity contribution < 1.29 is 24.2 Å². The molecule has 2 aromatic carbocycles. The van der Waals surface area contributed by atoms with Gasteiger partial charge in [-0.25, -0.2) is 4.79 Å². The molecule has 1 amide bonds. The SMILES string of the molecule is COc1cc(/C=C(/C#N)C(=O)N(C)C)ccc1OCc1cccc(C(=O)O)c1. The van der Waals surface area contributed by atoms with Crippen molar-refractivity contribution >= 4 is 18.0 Å². The topological polar surface area (TPSA) is 99.9 Å². The van der Waals surface area contributed by atoms with Gasteiger partial charge in [0.2, 0.25) is 0 Å². The number of nitrogens with zero attached hydrogens (tertiary/aromatic N) is 2. The van der Waals surface area contributed by atoms with Crippen molar-refractivity contribution in [2.24, 2.45) is 0 Å². The average Bonchev–Trinajstić information content (AvgIpc) is 2.70. The number of amides is 1. The largest absolute Gasteiger partial charge is 0.493 e. The Hall–Kier alpha value is -3.79. The van der Waals surface area contributed by atoms with Crippen LogP contribution in [0.5, 0.6) is 11.5 Å². The van der Waals surface area contributed by atoms with Crippen molar-refractivity contribution in [2.75, 3.05) is 21.2 Å². The van der Waals surface area contributed by atoms with Crippen molar-refractivity contribution in [1.29, 1.82) is 5.26 Å². The molecular weight excluding hydrogens is 360 g/mol. The fourth-order valence-corrected chi connectivity index (χ4v) is 2.40. The van der Waals surface area contributed by atoms with Crippen molar-refractivity contribution in [3.8, 4) is 17.6 Å². The molecule has 0 unspecified atom stereocenters. The summed E-state index contributed by atoms with van der Waals surface area (Å²) >= 11 is 0. The zero-order valence-corrected chi connectivity index (χ0v) is 15.8. The predicted octanol–water partition coefficient (Wildman–Crippen LogP) is 2.97. The van der Waals surface area contributed by atoms with Crippen LogP contribution in [0.2, 0.25) is 0 Å². The number of nitriles is 1. The summed E-state index contributed by atoms with van der Waals surface area (Å²) in [5.41, 5.74) is 1.51. The fraction of sp³-hybridized carbons (Fsp3) is 0.190. The van der Waals surface area contributed by atoms with E-state index in [2.05, 4.69) is 0 Å². The quantitative estimate of drug-likeness (QED) is 0.585. The molecule has 0 radical (unpaired) electrons. The van der Waals surface area contributed by atoms with E-state index in [9.17, 15) is 14.9 Å². The second-order valence-electron chi connectivity index (χ2n) is 6.07. The van der Waals surface area contributed by atoms with Crippen molar-refractivity contribution in [1.82, 2.24) is 4.90 Å². The maximum atomic E-state index is 12.0. The maximum absolute atomic E-state index is 12.0. The van der Waals surface area contributed by atoms with Gasteiger partial charge in [0, 0.05) is 14.1 Å². The third-order valence-electron chi connectivity index (χ3n) is 3.82. The summed E-state index contributed by atoms with van der Waals surface area (Å²) in [5, 5.41) is 18.3. The van der Waals surface area contributed by atoms with Crippen LogP contribution in [0.4, 0.5) is 0 Å². The number of hydrogen-bond donors (Lipinski definition) is 1. The van der Waals surface area contributed by atoms with Crippen molar-refractivity contribution in [3.05, 3.63) is 64.7 Å². The van der Waals surface area contributed by atoms with Crippen LogP contribution < -0.4 is 9.47 Å². The van der Waals surface area contributed by atoms with Crippen molar-refractivity contribution in [3.63, 3.8) is 0 Å². The number of carboxylic acids is 1. The monoisotopic (exact) mass is 380 g/mol. The molecule has 0 bridgehead atoms. The number of carboxylic acid groups (broad SMARTS) is 1. The standard InChI is InChI=1S/C21H20N2O5/c1-23(2)20(24)17(12-22)9-14-7-8-18(19(11-14)27-3)28-13-15-5-4-6-16(10-15)21(25)26/h4-11H,13H2,1-3H3,(H,25,26)/b17-9-. The van der Waals surface area contributed by atoms with E-state index in [0.717, 1.165) is 0 Å². The van der Waals surface area contributed by atoms with Gasteiger partial charge in [-0.15, -0.1) is 0 Å². The number of benzene rings is 2. The lowest BCUT2D eigenvalue weighted by molar-refractivity contribution is -0.124. The minimum absolute atomic E-state index is 0.00575. The van der Waals surface area contributed by atoms with Crippen LogP contribution in [0.1, 0.15) is 21.5 Å². The molecule has 0 spiro atoms. The minimum atomic E-state index is -1.00. The first kappa shape index (κ1) is 20.5. The lowest BCUT2D eigenvalue weighted by Crippen LogP contribution is -2.22. The highest BCUT2D eigenvalue weighted by molar-refractivity contribution is 6.01. The normalized spacial score (nSPS) is 10.7. The van der Waals surface area contributed by atoms with Crippen LogP contribution in [0.25, 0.3) is 6.08 Å². The maximum Gasteiger partial charge on any atom is 0.335 e. The molecule has 0 atom stereocenters. The predicted molar refractivity (Wildman–Crippen MR) is 103 cm³/mol. The molecule has 7 nitrogen and oxygen atoms in total. The molecule has 7 heteroatoms. The van der Waals surface area contributed by atoms with Gasteiger partial charge in [0.15, 0.2) is 11.5 Å². The lowest BCUT2D eigenvalue weighted by Gasteiger charge is -2.12. The molecule has 0 fully saturated rings. The number of rotatable bonds is 7. The number of carbonyl (C=O) groups excluding carboxylic acids is 1. The summed E-state index contributed by atoms with van der Waals surface area (Å²) in [7, 11) is 4.63. The summed E-state index contributed by atoms with van der Waals surface area (Å²) in [6, 6.07) is 13.4. The van der Waals surface area contributed by atoms with Gasteiger partial charge in [-0.3, -0.25) is 4.79 Å². The Kier molecular flexibility index (Phi) is 6.77. The number of methoxy groups -OCH3 is 1. The third-order valence-corrected chi connectivity index (χ3v) is 3.82. The molecule has 28 heavy (non-hydrogen) atoms. The van der Waals surface area contributed by atoms with E-state index in [1.807, 2.05) is 6.07 Å². The molecule has 0 aliphatic carbocycles. The van der Waals surface area contributed by atoms with Crippen molar-refractivity contribution in [2.45, 2.75) is 6.61 Å². The lowest BCUT2D eigenvalue weighted by atomic mass is 10.1. The average molecular weight is 380 g/mol. The Morgan fingerprint density at radius 2 is 1.93 bits per heavy atom. The van der Waals surface area contributed by atoms with Gasteiger partial charge < -0.3 is 19.5 Å². The summed E-state index contributed by atoms with van der Waals surface area (Å²) < 4.78 is 11.1. The highest BCUT2D eigenvalue weighted by Gasteiger charge is 2.12. The number of aromatic carboxylic acids is 1. The van der Waals surface area contributed by atoms with E-state index in [1.165, 1.54) is 30.2 Å². The van der Waals surface area contributed by atoms with E-state index < -0.39 is 5.97 Å². The number of ether oxygens (including phenoxy) is 2. The molecule has 0 heterocycles. The Bertz CT molecular complexity index is 958. The zero-order chi connectivity index (χ0) is 20.7. The second-order valence-corrected chi connectivity index (χ2v) is 6.07. The number of carbonyl (C=O) groups is 2. The minimum Gasteiger partial charge on any atom is -0.493 e. The van der Waals surface area contributed by atoms with Gasteiger partial charge in [-0.1, -0.05) is 18.2 Å². The summed E-state index contributed by atoms with van der Waals surface area (Å²) in [6.07, 6.45) is 1.48. The Morgan fingerprint density at radius 1 is 1.18 bits per heavy atom. The summed E-state index contributed by atoms with van der Waals surface area (Å²) in [6.45, 7) is 0.162. The molecule has 1 N–H and O–H groups in total. The van der Waals surface area contributed by atoms with Crippen LogP contribution in [-0.4, -0.2) is 43.1 Å². The Balaban J connectivity index is 2.22. The number of likely N-dealkylation sites (N-methyl/N-ethyl adjacent to an activating group) is 1. The van der Waals surface area contributed by atoms with Crippen LogP contribution in [-0.2, 0) is 11.4 Å². The smallest absolute Gasteiger partial charge is 0.335 e. The highest BCUT2D eigenvalue weighted by Crippen LogP contribution is 2.30. The van der Waals surface area contributed by atoms with Gasteiger partial charge in [0.25, 0.3) is 5.91 Å². The van der Waals surface area contributed by atoms with E-state index in [4.69, 9.17) is 14.6 Å². The molecule has 0 aliphatic heterocycles. The van der Waals surface area contributed by atoms with Gasteiger partial charge in [-0.2, -0.15) is 5.26 Å². The molecule has 0 saturated heterocycles. The first-order valence-electron chi connectivity index (χ1n) is 8.32. The van der Waals surface area contributed by atoms with Crippen LogP contribution in [0, 0.1) is 11.3 Å².